The standard InChI is InChI=1S/C21H23F2N3O4/c1-10-17-12(19(27)13(20(28)29)7-26(17)16-5-14(16)22)4-15(23)18(10)25-6-11-2-3-30-9-21(11,24)8-25/h4,7,11,14,16H,2-3,5-6,8-9,24H2,1H3,(H,28,29)/t11-,14-,16+,21-/m0/s1. The number of alkyl halides is 1. The molecule has 0 spiro atoms. The molecule has 3 heterocycles. The van der Waals surface area contributed by atoms with E-state index in [-0.39, 0.29) is 17.7 Å². The number of nitrogens with zero attached hydrogens (tertiary/aromatic N) is 2. The fraction of sp³-hybridized carbons (Fsp3) is 0.524. The molecule has 2 aliphatic heterocycles. The van der Waals surface area contributed by atoms with Gasteiger partial charge < -0.3 is 25.0 Å². The van der Waals surface area contributed by atoms with Crippen molar-refractivity contribution in [2.45, 2.75) is 37.5 Å². The van der Waals surface area contributed by atoms with E-state index in [4.69, 9.17) is 10.5 Å². The number of ether oxygens (including phenoxy) is 1. The Hall–Kier alpha value is -2.52. The molecule has 2 aromatic rings. The van der Waals surface area contributed by atoms with Gasteiger partial charge in [0.2, 0.25) is 5.43 Å². The van der Waals surface area contributed by atoms with Crippen molar-refractivity contribution >= 4 is 22.6 Å². The summed E-state index contributed by atoms with van der Waals surface area (Å²) in [7, 11) is 0. The van der Waals surface area contributed by atoms with Crippen molar-refractivity contribution in [2.75, 3.05) is 31.2 Å². The van der Waals surface area contributed by atoms with Crippen molar-refractivity contribution in [3.8, 4) is 0 Å². The zero-order valence-electron chi connectivity index (χ0n) is 16.5. The zero-order chi connectivity index (χ0) is 21.4. The Bertz CT molecular complexity index is 1130. The van der Waals surface area contributed by atoms with Gasteiger partial charge in [-0.05, 0) is 25.0 Å². The Morgan fingerprint density at radius 1 is 1.43 bits per heavy atom. The maximum atomic E-state index is 15.3. The molecule has 0 radical (unpaired) electrons. The Kier molecular flexibility index (Phi) is 4.20. The molecule has 0 unspecified atom stereocenters. The monoisotopic (exact) mass is 419 g/mol. The van der Waals surface area contributed by atoms with E-state index >= 15 is 4.39 Å². The summed E-state index contributed by atoms with van der Waals surface area (Å²) in [5.74, 6) is -1.86. The van der Waals surface area contributed by atoms with Gasteiger partial charge in [-0.25, -0.2) is 13.6 Å². The van der Waals surface area contributed by atoms with Crippen LogP contribution in [0, 0.1) is 18.7 Å². The molecular formula is C21H23F2N3O4. The number of halogens is 2. The summed E-state index contributed by atoms with van der Waals surface area (Å²) in [4.78, 5) is 26.1. The minimum Gasteiger partial charge on any atom is -0.477 e. The smallest absolute Gasteiger partial charge is 0.341 e. The predicted molar refractivity (Wildman–Crippen MR) is 106 cm³/mol. The van der Waals surface area contributed by atoms with Crippen LogP contribution >= 0.6 is 0 Å². The Labute approximate surface area is 171 Å². The highest BCUT2D eigenvalue weighted by Crippen LogP contribution is 2.44. The second-order valence-electron chi connectivity index (χ2n) is 8.78. The predicted octanol–water partition coefficient (Wildman–Crippen LogP) is 1.98. The highest BCUT2D eigenvalue weighted by atomic mass is 19.1. The lowest BCUT2D eigenvalue weighted by Crippen LogP contribution is -2.54. The number of carbonyl (C=O) groups is 1. The topological polar surface area (TPSA) is 97.8 Å². The lowest BCUT2D eigenvalue weighted by molar-refractivity contribution is 0.0203. The van der Waals surface area contributed by atoms with Crippen molar-refractivity contribution in [1.82, 2.24) is 4.57 Å². The van der Waals surface area contributed by atoms with Gasteiger partial charge in [-0.2, -0.15) is 0 Å². The van der Waals surface area contributed by atoms with Crippen molar-refractivity contribution < 1.29 is 23.4 Å². The van der Waals surface area contributed by atoms with E-state index < -0.39 is 40.5 Å². The molecule has 1 aromatic heterocycles. The average molecular weight is 419 g/mol. The number of aromatic nitrogens is 1. The number of hydrogen-bond donors (Lipinski definition) is 2. The molecule has 0 amide bonds. The van der Waals surface area contributed by atoms with Gasteiger partial charge in [0.1, 0.15) is 17.6 Å². The number of fused-ring (bicyclic) bond motifs is 2. The lowest BCUT2D eigenvalue weighted by Gasteiger charge is -2.34. The number of aromatic carboxylic acids is 1. The van der Waals surface area contributed by atoms with Crippen LogP contribution in [0.2, 0.25) is 0 Å². The van der Waals surface area contributed by atoms with Gasteiger partial charge in [0.05, 0.1) is 29.4 Å². The molecule has 1 aliphatic carbocycles. The molecule has 5 rings (SSSR count). The number of carboxylic acid groups (broad SMARTS) is 1. The van der Waals surface area contributed by atoms with Crippen LogP contribution in [0.5, 0.6) is 0 Å². The number of rotatable bonds is 3. The maximum absolute atomic E-state index is 15.3. The van der Waals surface area contributed by atoms with E-state index in [0.29, 0.717) is 43.1 Å². The van der Waals surface area contributed by atoms with Crippen LogP contribution in [0.25, 0.3) is 10.9 Å². The fourth-order valence-corrected chi connectivity index (χ4v) is 5.11. The summed E-state index contributed by atoms with van der Waals surface area (Å²) in [5.41, 5.74) is 5.90. The van der Waals surface area contributed by atoms with E-state index in [1.807, 2.05) is 4.90 Å². The highest BCUT2D eigenvalue weighted by molar-refractivity contribution is 5.95. The van der Waals surface area contributed by atoms with E-state index in [1.165, 1.54) is 10.8 Å². The van der Waals surface area contributed by atoms with Crippen LogP contribution in [0.15, 0.2) is 17.1 Å². The van der Waals surface area contributed by atoms with E-state index in [1.54, 1.807) is 6.92 Å². The third-order valence-electron chi connectivity index (χ3n) is 6.78. The molecule has 3 fully saturated rings. The summed E-state index contributed by atoms with van der Waals surface area (Å²) in [6.07, 6.45) is 1.09. The van der Waals surface area contributed by atoms with E-state index in [9.17, 15) is 19.1 Å². The third-order valence-corrected chi connectivity index (χ3v) is 6.78. The Morgan fingerprint density at radius 2 is 2.17 bits per heavy atom. The van der Waals surface area contributed by atoms with Crippen LogP contribution in [0.4, 0.5) is 14.5 Å². The second kappa shape index (κ2) is 6.49. The highest BCUT2D eigenvalue weighted by Gasteiger charge is 2.47. The molecule has 2 saturated heterocycles. The van der Waals surface area contributed by atoms with Crippen LogP contribution in [0.3, 0.4) is 0 Å². The molecule has 7 nitrogen and oxygen atoms in total. The molecule has 0 bridgehead atoms. The van der Waals surface area contributed by atoms with Gasteiger partial charge in [-0.15, -0.1) is 0 Å². The zero-order valence-corrected chi connectivity index (χ0v) is 16.5. The van der Waals surface area contributed by atoms with E-state index in [0.717, 1.165) is 12.5 Å². The molecule has 1 saturated carbocycles. The molecule has 9 heteroatoms. The first kappa shape index (κ1) is 19.4. The number of pyridine rings is 1. The largest absolute Gasteiger partial charge is 0.477 e. The van der Waals surface area contributed by atoms with Crippen molar-refractivity contribution in [1.29, 1.82) is 0 Å². The molecular weight excluding hydrogens is 396 g/mol. The van der Waals surface area contributed by atoms with Crippen LogP contribution in [-0.2, 0) is 4.74 Å². The number of nitrogens with two attached hydrogens (primary N) is 1. The van der Waals surface area contributed by atoms with Crippen LogP contribution in [-0.4, -0.2) is 53.7 Å². The number of benzene rings is 1. The molecule has 160 valence electrons. The first-order chi connectivity index (χ1) is 14.2. The molecule has 3 aliphatic rings. The van der Waals surface area contributed by atoms with Crippen LogP contribution in [0.1, 0.15) is 34.8 Å². The van der Waals surface area contributed by atoms with Gasteiger partial charge in [-0.3, -0.25) is 4.79 Å². The van der Waals surface area contributed by atoms with Gasteiger partial charge in [0.25, 0.3) is 0 Å². The summed E-state index contributed by atoms with van der Waals surface area (Å²) in [6.45, 7) is 3.69. The Balaban J connectivity index is 1.71. The van der Waals surface area contributed by atoms with Gasteiger partial charge >= 0.3 is 5.97 Å². The molecule has 1 aromatic carbocycles. The van der Waals surface area contributed by atoms with Crippen molar-refractivity contribution in [3.63, 3.8) is 0 Å². The minimum atomic E-state index is -1.41. The van der Waals surface area contributed by atoms with Crippen molar-refractivity contribution in [3.05, 3.63) is 39.4 Å². The van der Waals surface area contributed by atoms with Crippen LogP contribution < -0.4 is 16.1 Å². The number of hydrogen-bond acceptors (Lipinski definition) is 5. The van der Waals surface area contributed by atoms with Gasteiger partial charge in [0, 0.05) is 43.6 Å². The van der Waals surface area contributed by atoms with Crippen molar-refractivity contribution in [2.24, 2.45) is 11.7 Å². The Morgan fingerprint density at radius 3 is 2.80 bits per heavy atom. The fourth-order valence-electron chi connectivity index (χ4n) is 5.11. The maximum Gasteiger partial charge on any atom is 0.341 e. The first-order valence-electron chi connectivity index (χ1n) is 10.1. The molecule has 4 atom stereocenters. The SMILES string of the molecule is Cc1c(N2C[C@@H]3CCOC[C@@]3(N)C2)c(F)cc2c(=O)c(C(=O)O)cn([C@@H]3C[C@@H]3F)c12. The number of carboxylic acids is 1. The quantitative estimate of drug-likeness (QED) is 0.790. The number of aryl methyl sites for hydroxylation is 1. The second-order valence-corrected chi connectivity index (χ2v) is 8.78. The first-order valence-corrected chi connectivity index (χ1v) is 10.1. The summed E-state index contributed by atoms with van der Waals surface area (Å²) in [5, 5.41) is 9.35. The van der Waals surface area contributed by atoms with E-state index in [2.05, 4.69) is 0 Å². The summed E-state index contributed by atoms with van der Waals surface area (Å²) >= 11 is 0. The number of anilines is 1. The summed E-state index contributed by atoms with van der Waals surface area (Å²) in [6, 6.07) is 0.527. The van der Waals surface area contributed by atoms with Gasteiger partial charge in [0.15, 0.2) is 0 Å². The average Bonchev–Trinajstić information content (AvgIpc) is 3.29. The minimum absolute atomic E-state index is 0.0461. The normalized spacial score (nSPS) is 30.5. The third kappa shape index (κ3) is 2.75. The molecule has 30 heavy (non-hydrogen) atoms. The lowest BCUT2D eigenvalue weighted by atomic mass is 9.85. The molecule has 3 N–H and O–H groups in total. The van der Waals surface area contributed by atoms with Gasteiger partial charge in [-0.1, -0.05) is 0 Å². The summed E-state index contributed by atoms with van der Waals surface area (Å²) < 4.78 is 36.2.